The molecule has 1 saturated carbocycles. The Labute approximate surface area is 148 Å². The minimum Gasteiger partial charge on any atom is -0.337 e. The number of benzene rings is 1. The van der Waals surface area contributed by atoms with Gasteiger partial charge in [0, 0.05) is 32.2 Å². The van der Waals surface area contributed by atoms with Crippen molar-refractivity contribution in [2.75, 3.05) is 26.2 Å². The third-order valence-corrected chi connectivity index (χ3v) is 5.17. The van der Waals surface area contributed by atoms with Gasteiger partial charge in [-0.1, -0.05) is 18.6 Å². The zero-order valence-electron chi connectivity index (χ0n) is 14.9. The molecule has 132 valence electrons. The lowest BCUT2D eigenvalue weighted by molar-refractivity contribution is 0.0748. The SMILES string of the molecule is Cc1ccc(-n2cnnc2)c(C(=O)N2CCN(C3CC3)CC(C)C2)c1. The Kier molecular flexibility index (Phi) is 4.29. The van der Waals surface area contributed by atoms with E-state index in [9.17, 15) is 4.79 Å². The van der Waals surface area contributed by atoms with E-state index < -0.39 is 0 Å². The number of carbonyl (C=O) groups excluding carboxylic acids is 1. The fourth-order valence-corrected chi connectivity index (χ4v) is 3.76. The first-order valence-corrected chi connectivity index (χ1v) is 9.11. The topological polar surface area (TPSA) is 54.3 Å². The standard InChI is InChI=1S/C19H25N5O/c1-14-3-6-18(24-12-20-21-13-24)17(9-14)19(25)23-8-7-22(16-4-5-16)10-15(2)11-23/h3,6,9,12-13,15-16H,4-5,7-8,10-11H2,1-2H3. The van der Waals surface area contributed by atoms with Crippen molar-refractivity contribution in [1.82, 2.24) is 24.6 Å². The second kappa shape index (κ2) is 6.59. The first-order valence-electron chi connectivity index (χ1n) is 9.11. The van der Waals surface area contributed by atoms with Crippen LogP contribution in [-0.4, -0.2) is 62.7 Å². The summed E-state index contributed by atoms with van der Waals surface area (Å²) < 4.78 is 1.81. The summed E-state index contributed by atoms with van der Waals surface area (Å²) in [6, 6.07) is 6.73. The first kappa shape index (κ1) is 16.3. The number of hydrogen-bond donors (Lipinski definition) is 0. The number of amides is 1. The highest BCUT2D eigenvalue weighted by molar-refractivity contribution is 5.98. The van der Waals surface area contributed by atoms with E-state index in [1.807, 2.05) is 34.6 Å². The second-order valence-electron chi connectivity index (χ2n) is 7.47. The summed E-state index contributed by atoms with van der Waals surface area (Å²) >= 11 is 0. The summed E-state index contributed by atoms with van der Waals surface area (Å²) in [5, 5.41) is 7.76. The van der Waals surface area contributed by atoms with Gasteiger partial charge in [0.15, 0.2) is 0 Å². The Hall–Kier alpha value is -2.21. The maximum atomic E-state index is 13.3. The van der Waals surface area contributed by atoms with E-state index in [2.05, 4.69) is 22.0 Å². The highest BCUT2D eigenvalue weighted by Gasteiger charge is 2.33. The molecule has 1 aromatic heterocycles. The van der Waals surface area contributed by atoms with Gasteiger partial charge in [0.25, 0.3) is 5.91 Å². The molecule has 1 aliphatic heterocycles. The molecule has 1 unspecified atom stereocenters. The molecule has 1 aliphatic carbocycles. The minimum atomic E-state index is 0.108. The maximum Gasteiger partial charge on any atom is 0.256 e. The molecule has 1 aromatic carbocycles. The lowest BCUT2D eigenvalue weighted by Gasteiger charge is -2.24. The van der Waals surface area contributed by atoms with E-state index in [1.54, 1.807) is 12.7 Å². The number of aromatic nitrogens is 3. The molecule has 2 fully saturated rings. The lowest BCUT2D eigenvalue weighted by Crippen LogP contribution is -2.36. The fraction of sp³-hybridized carbons (Fsp3) is 0.526. The quantitative estimate of drug-likeness (QED) is 0.860. The molecule has 2 aromatic rings. The van der Waals surface area contributed by atoms with Crippen molar-refractivity contribution in [1.29, 1.82) is 0 Å². The van der Waals surface area contributed by atoms with Gasteiger partial charge < -0.3 is 4.90 Å². The minimum absolute atomic E-state index is 0.108. The zero-order valence-corrected chi connectivity index (χ0v) is 14.9. The van der Waals surface area contributed by atoms with Crippen LogP contribution in [0.2, 0.25) is 0 Å². The van der Waals surface area contributed by atoms with Gasteiger partial charge in [-0.2, -0.15) is 0 Å². The molecule has 0 bridgehead atoms. The molecule has 0 N–H and O–H groups in total. The molecule has 6 nitrogen and oxygen atoms in total. The van der Waals surface area contributed by atoms with E-state index in [1.165, 1.54) is 12.8 Å². The molecule has 1 amide bonds. The van der Waals surface area contributed by atoms with E-state index in [0.717, 1.165) is 49.0 Å². The largest absolute Gasteiger partial charge is 0.337 e. The third-order valence-electron chi connectivity index (χ3n) is 5.17. The van der Waals surface area contributed by atoms with Crippen LogP contribution in [0.15, 0.2) is 30.9 Å². The van der Waals surface area contributed by atoms with Crippen molar-refractivity contribution in [3.63, 3.8) is 0 Å². The van der Waals surface area contributed by atoms with Crippen LogP contribution in [0.1, 0.15) is 35.7 Å². The molecule has 2 aliphatic rings. The summed E-state index contributed by atoms with van der Waals surface area (Å²) in [5.74, 6) is 0.604. The molecule has 1 atom stereocenters. The van der Waals surface area contributed by atoms with Gasteiger partial charge in [-0.15, -0.1) is 10.2 Å². The van der Waals surface area contributed by atoms with Gasteiger partial charge in [-0.05, 0) is 37.8 Å². The van der Waals surface area contributed by atoms with Crippen LogP contribution in [0, 0.1) is 12.8 Å². The van der Waals surface area contributed by atoms with Crippen molar-refractivity contribution in [3.8, 4) is 5.69 Å². The Bertz CT molecular complexity index is 753. The molecular formula is C19H25N5O. The first-order chi connectivity index (χ1) is 12.1. The molecule has 2 heterocycles. The van der Waals surface area contributed by atoms with Crippen molar-refractivity contribution in [2.45, 2.75) is 32.7 Å². The summed E-state index contributed by atoms with van der Waals surface area (Å²) in [7, 11) is 0. The monoisotopic (exact) mass is 339 g/mol. The Morgan fingerprint density at radius 3 is 2.60 bits per heavy atom. The Morgan fingerprint density at radius 2 is 1.88 bits per heavy atom. The van der Waals surface area contributed by atoms with E-state index >= 15 is 0 Å². The van der Waals surface area contributed by atoms with Gasteiger partial charge in [0.05, 0.1) is 11.3 Å². The predicted octanol–water partition coefficient (Wildman–Crippen LogP) is 2.13. The molecule has 6 heteroatoms. The number of nitrogens with zero attached hydrogens (tertiary/aromatic N) is 5. The molecular weight excluding hydrogens is 314 g/mol. The van der Waals surface area contributed by atoms with E-state index in [0.29, 0.717) is 5.92 Å². The van der Waals surface area contributed by atoms with Crippen LogP contribution in [0.4, 0.5) is 0 Å². The summed E-state index contributed by atoms with van der Waals surface area (Å²) in [6.45, 7) is 7.96. The third kappa shape index (κ3) is 3.44. The lowest BCUT2D eigenvalue weighted by atomic mass is 10.1. The van der Waals surface area contributed by atoms with Crippen LogP contribution in [0.5, 0.6) is 0 Å². The molecule has 0 spiro atoms. The van der Waals surface area contributed by atoms with Crippen molar-refractivity contribution in [3.05, 3.63) is 42.0 Å². The second-order valence-corrected chi connectivity index (χ2v) is 7.47. The van der Waals surface area contributed by atoms with Gasteiger partial charge in [0.2, 0.25) is 0 Å². The van der Waals surface area contributed by atoms with Crippen molar-refractivity contribution >= 4 is 5.91 Å². The van der Waals surface area contributed by atoms with Gasteiger partial charge >= 0.3 is 0 Å². The van der Waals surface area contributed by atoms with Gasteiger partial charge in [-0.3, -0.25) is 14.3 Å². The van der Waals surface area contributed by atoms with Crippen molar-refractivity contribution in [2.24, 2.45) is 5.92 Å². The highest BCUT2D eigenvalue weighted by Crippen LogP contribution is 2.29. The number of aryl methyl sites for hydroxylation is 1. The average Bonchev–Trinajstić information content (AvgIpc) is 3.34. The average molecular weight is 339 g/mol. The maximum absolute atomic E-state index is 13.3. The number of rotatable bonds is 3. The molecule has 0 radical (unpaired) electrons. The highest BCUT2D eigenvalue weighted by atomic mass is 16.2. The van der Waals surface area contributed by atoms with Crippen LogP contribution in [-0.2, 0) is 0 Å². The van der Waals surface area contributed by atoms with Gasteiger partial charge in [-0.25, -0.2) is 0 Å². The molecule has 25 heavy (non-hydrogen) atoms. The molecule has 4 rings (SSSR count). The van der Waals surface area contributed by atoms with Crippen LogP contribution >= 0.6 is 0 Å². The van der Waals surface area contributed by atoms with E-state index in [-0.39, 0.29) is 5.91 Å². The Balaban J connectivity index is 1.61. The van der Waals surface area contributed by atoms with Crippen LogP contribution in [0.25, 0.3) is 5.69 Å². The van der Waals surface area contributed by atoms with Crippen molar-refractivity contribution < 1.29 is 4.79 Å². The van der Waals surface area contributed by atoms with Crippen LogP contribution in [0.3, 0.4) is 0 Å². The fourth-order valence-electron chi connectivity index (χ4n) is 3.76. The number of carbonyl (C=O) groups is 1. The summed E-state index contributed by atoms with van der Waals surface area (Å²) in [4.78, 5) is 17.9. The zero-order chi connectivity index (χ0) is 17.4. The number of hydrogen-bond acceptors (Lipinski definition) is 4. The smallest absolute Gasteiger partial charge is 0.256 e. The van der Waals surface area contributed by atoms with Gasteiger partial charge in [0.1, 0.15) is 12.7 Å². The summed E-state index contributed by atoms with van der Waals surface area (Å²) in [5.41, 5.74) is 2.66. The normalized spacial score (nSPS) is 22.0. The Morgan fingerprint density at radius 1 is 1.12 bits per heavy atom. The predicted molar refractivity (Wildman–Crippen MR) is 95.8 cm³/mol. The van der Waals surface area contributed by atoms with Crippen LogP contribution < -0.4 is 0 Å². The van der Waals surface area contributed by atoms with E-state index in [4.69, 9.17) is 0 Å². The molecule has 1 saturated heterocycles. The summed E-state index contributed by atoms with van der Waals surface area (Å²) in [6.07, 6.45) is 5.91.